The lowest BCUT2D eigenvalue weighted by molar-refractivity contribution is 0.0382. The molecule has 0 aliphatic carbocycles. The van der Waals surface area contributed by atoms with Gasteiger partial charge in [0.05, 0.1) is 13.2 Å². The monoisotopic (exact) mass is 288 g/mol. The number of hydrogen-bond donors (Lipinski definition) is 0. The Balaban J connectivity index is 2.72. The smallest absolute Gasteiger partial charge is 0.342 e. The second-order valence-corrected chi connectivity index (χ2v) is 4.05. The molecule has 19 heavy (non-hydrogen) atoms. The molecule has 1 aromatic rings. The molecule has 106 valence electrons. The van der Waals surface area contributed by atoms with Crippen LogP contribution in [-0.4, -0.2) is 46.6 Å². The summed E-state index contributed by atoms with van der Waals surface area (Å²) in [6.45, 7) is 1.29. The largest absolute Gasteiger partial charge is 0.490 e. The lowest BCUT2D eigenvalue weighted by Gasteiger charge is -2.11. The van der Waals surface area contributed by atoms with Gasteiger partial charge in [-0.15, -0.1) is 0 Å². The predicted molar refractivity (Wildman–Crippen MR) is 71.0 cm³/mol. The number of rotatable bonds is 8. The Morgan fingerprint density at radius 3 is 2.47 bits per heavy atom. The molecule has 0 saturated heterocycles. The summed E-state index contributed by atoms with van der Waals surface area (Å²) in [5, 5.41) is 0.442. The zero-order chi connectivity index (χ0) is 14.1. The van der Waals surface area contributed by atoms with E-state index in [-0.39, 0.29) is 6.61 Å². The third-order valence-electron chi connectivity index (χ3n) is 2.23. The fourth-order valence-corrected chi connectivity index (χ4v) is 1.49. The molecule has 0 heterocycles. The molecule has 0 atom stereocenters. The first-order chi connectivity index (χ1) is 9.19. The zero-order valence-electron chi connectivity index (χ0n) is 11.0. The average Bonchev–Trinajstić information content (AvgIpc) is 2.40. The minimum atomic E-state index is -0.494. The minimum absolute atomic E-state index is 0.180. The molecule has 0 aliphatic rings. The van der Waals surface area contributed by atoms with Crippen LogP contribution in [0.1, 0.15) is 10.4 Å². The van der Waals surface area contributed by atoms with Crippen molar-refractivity contribution < 1.29 is 23.7 Å². The standard InChI is InChI=1S/C13H17ClO5/c1-16-5-7-18-12-4-3-10(14)9-11(12)13(15)19-8-6-17-2/h3-4,9H,5-8H2,1-2H3. The van der Waals surface area contributed by atoms with Gasteiger partial charge >= 0.3 is 5.97 Å². The molecule has 6 heteroatoms. The molecule has 0 aromatic heterocycles. The summed E-state index contributed by atoms with van der Waals surface area (Å²) in [5.41, 5.74) is 0.291. The topological polar surface area (TPSA) is 54.0 Å². The lowest BCUT2D eigenvalue weighted by atomic mass is 10.2. The Morgan fingerprint density at radius 1 is 1.11 bits per heavy atom. The highest BCUT2D eigenvalue weighted by atomic mass is 35.5. The minimum Gasteiger partial charge on any atom is -0.490 e. The van der Waals surface area contributed by atoms with Gasteiger partial charge in [0.1, 0.15) is 24.5 Å². The van der Waals surface area contributed by atoms with E-state index < -0.39 is 5.97 Å². The van der Waals surface area contributed by atoms with E-state index in [0.29, 0.717) is 36.2 Å². The van der Waals surface area contributed by atoms with E-state index in [0.717, 1.165) is 0 Å². The first-order valence-electron chi connectivity index (χ1n) is 5.76. The molecule has 0 unspecified atom stereocenters. The number of ether oxygens (including phenoxy) is 4. The van der Waals surface area contributed by atoms with Gasteiger partial charge in [0, 0.05) is 19.2 Å². The third kappa shape index (κ3) is 5.46. The normalized spacial score (nSPS) is 10.3. The molecule has 1 aromatic carbocycles. The molecule has 1 rings (SSSR count). The number of halogens is 1. The molecular formula is C13H17ClO5. The predicted octanol–water partition coefficient (Wildman–Crippen LogP) is 2.17. The fourth-order valence-electron chi connectivity index (χ4n) is 1.32. The van der Waals surface area contributed by atoms with Crippen molar-refractivity contribution >= 4 is 17.6 Å². The van der Waals surface area contributed by atoms with Gasteiger partial charge in [-0.3, -0.25) is 0 Å². The molecule has 0 fully saturated rings. The first kappa shape index (κ1) is 15.8. The van der Waals surface area contributed by atoms with Gasteiger partial charge in [-0.2, -0.15) is 0 Å². The maximum Gasteiger partial charge on any atom is 0.342 e. The van der Waals surface area contributed by atoms with Crippen molar-refractivity contribution in [3.63, 3.8) is 0 Å². The summed E-state index contributed by atoms with van der Waals surface area (Å²) < 4.78 is 20.2. The highest BCUT2D eigenvalue weighted by Crippen LogP contribution is 2.23. The van der Waals surface area contributed by atoms with Crippen molar-refractivity contribution in [3.05, 3.63) is 28.8 Å². The van der Waals surface area contributed by atoms with Gasteiger partial charge < -0.3 is 18.9 Å². The second-order valence-electron chi connectivity index (χ2n) is 3.61. The second kappa shape index (κ2) is 8.74. The van der Waals surface area contributed by atoms with Crippen molar-refractivity contribution in [1.82, 2.24) is 0 Å². The fraction of sp³-hybridized carbons (Fsp3) is 0.462. The van der Waals surface area contributed by atoms with Crippen LogP contribution in [0.3, 0.4) is 0 Å². The molecule has 0 saturated carbocycles. The molecule has 0 spiro atoms. The van der Waals surface area contributed by atoms with Crippen molar-refractivity contribution in [2.24, 2.45) is 0 Å². The van der Waals surface area contributed by atoms with Gasteiger partial charge in [-0.05, 0) is 18.2 Å². The number of hydrogen-bond acceptors (Lipinski definition) is 5. The first-order valence-corrected chi connectivity index (χ1v) is 6.14. The Bertz CT molecular complexity index is 408. The van der Waals surface area contributed by atoms with Crippen molar-refractivity contribution in [1.29, 1.82) is 0 Å². The average molecular weight is 289 g/mol. The van der Waals surface area contributed by atoms with Crippen LogP contribution in [0.2, 0.25) is 5.02 Å². The van der Waals surface area contributed by atoms with E-state index in [4.69, 9.17) is 30.5 Å². The summed E-state index contributed by atoms with van der Waals surface area (Å²) in [6, 6.07) is 4.79. The molecule has 0 N–H and O–H groups in total. The summed E-state index contributed by atoms with van der Waals surface area (Å²) >= 11 is 5.87. The van der Waals surface area contributed by atoms with Crippen LogP contribution < -0.4 is 4.74 Å². The molecule has 0 radical (unpaired) electrons. The molecular weight excluding hydrogens is 272 g/mol. The van der Waals surface area contributed by atoms with Gasteiger partial charge in [0.15, 0.2) is 0 Å². The van der Waals surface area contributed by atoms with Crippen molar-refractivity contribution in [2.45, 2.75) is 0 Å². The summed E-state index contributed by atoms with van der Waals surface area (Å²) in [4.78, 5) is 11.9. The van der Waals surface area contributed by atoms with E-state index in [2.05, 4.69) is 0 Å². The molecule has 0 aliphatic heterocycles. The number of methoxy groups -OCH3 is 2. The SMILES string of the molecule is COCCOC(=O)c1cc(Cl)ccc1OCCOC. The highest BCUT2D eigenvalue weighted by molar-refractivity contribution is 6.31. The molecule has 5 nitrogen and oxygen atoms in total. The van der Waals surface area contributed by atoms with Crippen molar-refractivity contribution in [3.8, 4) is 5.75 Å². The Morgan fingerprint density at radius 2 is 1.79 bits per heavy atom. The van der Waals surface area contributed by atoms with E-state index in [1.165, 1.54) is 13.2 Å². The quantitative estimate of drug-likeness (QED) is 0.542. The number of esters is 1. The van der Waals surface area contributed by atoms with Gasteiger partial charge in [-0.25, -0.2) is 4.79 Å². The maximum atomic E-state index is 11.9. The third-order valence-corrected chi connectivity index (χ3v) is 2.46. The van der Waals surface area contributed by atoms with Crippen LogP contribution in [0, 0.1) is 0 Å². The Kier molecular flexibility index (Phi) is 7.25. The number of benzene rings is 1. The van der Waals surface area contributed by atoms with Crippen molar-refractivity contribution in [2.75, 3.05) is 40.6 Å². The zero-order valence-corrected chi connectivity index (χ0v) is 11.7. The molecule has 0 bridgehead atoms. The van der Waals surface area contributed by atoms with Crippen LogP contribution in [-0.2, 0) is 14.2 Å². The lowest BCUT2D eigenvalue weighted by Crippen LogP contribution is -2.13. The highest BCUT2D eigenvalue weighted by Gasteiger charge is 2.14. The van der Waals surface area contributed by atoms with Crippen LogP contribution in [0.4, 0.5) is 0 Å². The van der Waals surface area contributed by atoms with Crippen LogP contribution in [0.5, 0.6) is 5.75 Å². The van der Waals surface area contributed by atoms with Crippen LogP contribution >= 0.6 is 11.6 Å². The van der Waals surface area contributed by atoms with E-state index >= 15 is 0 Å². The van der Waals surface area contributed by atoms with E-state index in [1.807, 2.05) is 0 Å². The number of carbonyl (C=O) groups excluding carboxylic acids is 1. The van der Waals surface area contributed by atoms with Gasteiger partial charge in [0.2, 0.25) is 0 Å². The Labute approximate surface area is 117 Å². The van der Waals surface area contributed by atoms with E-state index in [9.17, 15) is 4.79 Å². The summed E-state index contributed by atoms with van der Waals surface area (Å²) in [6.07, 6.45) is 0. The van der Waals surface area contributed by atoms with Gasteiger partial charge in [-0.1, -0.05) is 11.6 Å². The number of carbonyl (C=O) groups is 1. The molecule has 0 amide bonds. The summed E-state index contributed by atoms with van der Waals surface area (Å²) in [5.74, 6) is -0.0733. The maximum absolute atomic E-state index is 11.9. The van der Waals surface area contributed by atoms with Crippen LogP contribution in [0.15, 0.2) is 18.2 Å². The van der Waals surface area contributed by atoms with Crippen LogP contribution in [0.25, 0.3) is 0 Å². The van der Waals surface area contributed by atoms with Gasteiger partial charge in [0.25, 0.3) is 0 Å². The summed E-state index contributed by atoms with van der Waals surface area (Å²) in [7, 11) is 3.11. The van der Waals surface area contributed by atoms with E-state index in [1.54, 1.807) is 19.2 Å². The Hall–Kier alpha value is -1.30.